The van der Waals surface area contributed by atoms with Crippen LogP contribution in [0.3, 0.4) is 0 Å². The first-order valence-electron chi connectivity index (χ1n) is 9.13. The Balaban J connectivity index is 0.00000576. The van der Waals surface area contributed by atoms with E-state index in [-0.39, 0.29) is 47.3 Å². The van der Waals surface area contributed by atoms with Crippen LogP contribution in [-0.2, 0) is 4.79 Å². The number of carbonyl (C=O) groups excluding carboxylic acids is 1. The lowest BCUT2D eigenvalue weighted by atomic mass is 9.93. The third-order valence-electron chi connectivity index (χ3n) is 4.09. The molecule has 1 aliphatic rings. The normalized spacial score (nSPS) is 18.5. The zero-order chi connectivity index (χ0) is 18.3. The molecular formula is C18H38IN5O. The van der Waals surface area contributed by atoms with E-state index in [1.807, 2.05) is 18.7 Å². The first-order chi connectivity index (χ1) is 11.1. The third kappa shape index (κ3) is 9.08. The molecule has 0 spiro atoms. The van der Waals surface area contributed by atoms with E-state index in [2.05, 4.69) is 50.4 Å². The van der Waals surface area contributed by atoms with Crippen LogP contribution in [0.4, 0.5) is 0 Å². The van der Waals surface area contributed by atoms with E-state index >= 15 is 0 Å². The monoisotopic (exact) mass is 467 g/mol. The molecular weight excluding hydrogens is 429 g/mol. The minimum absolute atomic E-state index is 0. The molecule has 148 valence electrons. The number of hydrogen-bond acceptors (Lipinski definition) is 3. The van der Waals surface area contributed by atoms with Gasteiger partial charge in [0.05, 0.1) is 0 Å². The minimum atomic E-state index is 0. The molecule has 1 aliphatic heterocycles. The molecule has 0 aromatic heterocycles. The summed E-state index contributed by atoms with van der Waals surface area (Å²) >= 11 is 0. The van der Waals surface area contributed by atoms with Crippen molar-refractivity contribution in [1.29, 1.82) is 0 Å². The second-order valence-corrected chi connectivity index (χ2v) is 8.17. The lowest BCUT2D eigenvalue weighted by Crippen LogP contribution is -2.46. The van der Waals surface area contributed by atoms with Crippen LogP contribution in [-0.4, -0.2) is 74.5 Å². The Morgan fingerprint density at radius 3 is 2.52 bits per heavy atom. The number of halogens is 1. The molecule has 25 heavy (non-hydrogen) atoms. The largest absolute Gasteiger partial charge is 0.357 e. The molecule has 2 N–H and O–H groups in total. The molecule has 7 heteroatoms. The van der Waals surface area contributed by atoms with Crippen molar-refractivity contribution in [3.63, 3.8) is 0 Å². The van der Waals surface area contributed by atoms with Crippen molar-refractivity contribution in [2.24, 2.45) is 16.3 Å². The highest BCUT2D eigenvalue weighted by molar-refractivity contribution is 14.0. The summed E-state index contributed by atoms with van der Waals surface area (Å²) in [7, 11) is 4.18. The molecule has 0 radical (unpaired) electrons. The number of nitrogens with one attached hydrogen (secondary N) is 2. The first-order valence-corrected chi connectivity index (χ1v) is 9.13. The van der Waals surface area contributed by atoms with Crippen LogP contribution >= 0.6 is 24.0 Å². The predicted octanol–water partition coefficient (Wildman–Crippen LogP) is 2.00. The van der Waals surface area contributed by atoms with Crippen molar-refractivity contribution in [2.75, 3.05) is 46.8 Å². The van der Waals surface area contributed by atoms with Gasteiger partial charge in [-0.15, -0.1) is 24.0 Å². The van der Waals surface area contributed by atoms with E-state index < -0.39 is 0 Å². The Morgan fingerprint density at radius 2 is 2.00 bits per heavy atom. The standard InChI is InChI=1S/C18H37N5O.HI/c1-8-19-17(20-12-18(4,5)13-22(6)7)21-15-9-10-23(11-15)16(24)14(2)3;/h14-15H,8-13H2,1-7H3,(H2,19,20,21);1H. The number of nitrogens with zero attached hydrogens (tertiary/aromatic N) is 3. The van der Waals surface area contributed by atoms with Crippen LogP contribution in [0.15, 0.2) is 4.99 Å². The maximum absolute atomic E-state index is 12.1. The fourth-order valence-electron chi connectivity index (χ4n) is 3.16. The van der Waals surface area contributed by atoms with Crippen molar-refractivity contribution in [2.45, 2.75) is 47.1 Å². The highest BCUT2D eigenvalue weighted by Gasteiger charge is 2.28. The Labute approximate surface area is 171 Å². The van der Waals surface area contributed by atoms with Gasteiger partial charge in [0.2, 0.25) is 5.91 Å². The van der Waals surface area contributed by atoms with E-state index in [1.165, 1.54) is 0 Å². The van der Waals surface area contributed by atoms with Crippen LogP contribution < -0.4 is 10.6 Å². The van der Waals surface area contributed by atoms with Gasteiger partial charge >= 0.3 is 0 Å². The van der Waals surface area contributed by atoms with E-state index in [4.69, 9.17) is 4.99 Å². The Bertz CT molecular complexity index is 437. The number of aliphatic imine (C=N–C) groups is 1. The molecule has 0 bridgehead atoms. The highest BCUT2D eigenvalue weighted by atomic mass is 127. The third-order valence-corrected chi connectivity index (χ3v) is 4.09. The lowest BCUT2D eigenvalue weighted by molar-refractivity contribution is -0.133. The maximum atomic E-state index is 12.1. The Morgan fingerprint density at radius 1 is 1.36 bits per heavy atom. The fraction of sp³-hybridized carbons (Fsp3) is 0.889. The second-order valence-electron chi connectivity index (χ2n) is 8.17. The zero-order valence-corrected chi connectivity index (χ0v) is 19.4. The van der Waals surface area contributed by atoms with Crippen LogP contribution in [0.1, 0.15) is 41.0 Å². The Kier molecular flexibility index (Phi) is 11.0. The summed E-state index contributed by atoms with van der Waals surface area (Å²) in [6.45, 7) is 14.7. The molecule has 1 saturated heterocycles. The van der Waals surface area contributed by atoms with Crippen molar-refractivity contribution in [3.05, 3.63) is 0 Å². The molecule has 6 nitrogen and oxygen atoms in total. The van der Waals surface area contributed by atoms with Crippen LogP contribution in [0.25, 0.3) is 0 Å². The lowest BCUT2D eigenvalue weighted by Gasteiger charge is -2.27. The number of carbonyl (C=O) groups is 1. The first kappa shape index (κ1) is 24.4. The highest BCUT2D eigenvalue weighted by Crippen LogP contribution is 2.16. The SMILES string of the molecule is CCNC(=NCC(C)(C)CN(C)C)NC1CCN(C(=O)C(C)C)C1.I. The molecule has 1 amide bonds. The molecule has 0 aromatic rings. The number of likely N-dealkylation sites (tertiary alicyclic amines) is 1. The number of rotatable bonds is 7. The van der Waals surface area contributed by atoms with Crippen LogP contribution in [0, 0.1) is 11.3 Å². The average Bonchev–Trinajstić information content (AvgIpc) is 2.91. The zero-order valence-electron chi connectivity index (χ0n) is 17.1. The van der Waals surface area contributed by atoms with Crippen LogP contribution in [0.5, 0.6) is 0 Å². The number of guanidine groups is 1. The summed E-state index contributed by atoms with van der Waals surface area (Å²) in [5.41, 5.74) is 0.126. The molecule has 1 fully saturated rings. The molecule has 1 unspecified atom stereocenters. The number of amides is 1. The van der Waals surface area contributed by atoms with Crippen molar-refractivity contribution < 1.29 is 4.79 Å². The molecule has 0 saturated carbocycles. The van der Waals surface area contributed by atoms with Gasteiger partial charge in [0.1, 0.15) is 0 Å². The van der Waals surface area contributed by atoms with Crippen molar-refractivity contribution in [1.82, 2.24) is 20.4 Å². The fourth-order valence-corrected chi connectivity index (χ4v) is 3.16. The van der Waals surface area contributed by atoms with Gasteiger partial charge in [-0.1, -0.05) is 27.7 Å². The summed E-state index contributed by atoms with van der Waals surface area (Å²) in [5.74, 6) is 1.17. The van der Waals surface area contributed by atoms with Gasteiger partial charge in [0.15, 0.2) is 5.96 Å². The second kappa shape index (κ2) is 11.2. The summed E-state index contributed by atoms with van der Waals surface area (Å²) in [6.07, 6.45) is 0.976. The maximum Gasteiger partial charge on any atom is 0.225 e. The van der Waals surface area contributed by atoms with Crippen molar-refractivity contribution in [3.8, 4) is 0 Å². The van der Waals surface area contributed by atoms with Gasteiger partial charge in [-0.25, -0.2) is 0 Å². The average molecular weight is 467 g/mol. The predicted molar refractivity (Wildman–Crippen MR) is 117 cm³/mol. The van der Waals surface area contributed by atoms with E-state index in [0.29, 0.717) is 0 Å². The smallest absolute Gasteiger partial charge is 0.225 e. The van der Waals surface area contributed by atoms with E-state index in [9.17, 15) is 4.79 Å². The molecule has 1 rings (SSSR count). The van der Waals surface area contributed by atoms with E-state index in [0.717, 1.165) is 45.1 Å². The molecule has 1 heterocycles. The summed E-state index contributed by atoms with van der Waals surface area (Å²) in [4.78, 5) is 21.0. The summed E-state index contributed by atoms with van der Waals surface area (Å²) in [5, 5.41) is 6.82. The van der Waals surface area contributed by atoms with E-state index in [1.54, 1.807) is 0 Å². The summed E-state index contributed by atoms with van der Waals surface area (Å²) < 4.78 is 0. The van der Waals surface area contributed by atoms with Gasteiger partial charge in [-0.3, -0.25) is 9.79 Å². The van der Waals surface area contributed by atoms with Gasteiger partial charge in [-0.05, 0) is 32.9 Å². The minimum Gasteiger partial charge on any atom is -0.357 e. The van der Waals surface area contributed by atoms with Gasteiger partial charge in [0, 0.05) is 44.7 Å². The summed E-state index contributed by atoms with van der Waals surface area (Å²) in [6, 6.07) is 0.280. The van der Waals surface area contributed by atoms with Gasteiger partial charge in [0.25, 0.3) is 0 Å². The quantitative estimate of drug-likeness (QED) is 0.342. The Hall–Kier alpha value is -0.570. The van der Waals surface area contributed by atoms with Gasteiger partial charge < -0.3 is 20.4 Å². The van der Waals surface area contributed by atoms with Crippen LogP contribution in [0.2, 0.25) is 0 Å². The molecule has 0 aromatic carbocycles. The topological polar surface area (TPSA) is 60.0 Å². The number of hydrogen-bond donors (Lipinski definition) is 2. The molecule has 1 atom stereocenters. The molecule has 0 aliphatic carbocycles. The van der Waals surface area contributed by atoms with Gasteiger partial charge in [-0.2, -0.15) is 0 Å². The van der Waals surface area contributed by atoms with Crippen molar-refractivity contribution >= 4 is 35.8 Å².